The molecule has 0 aliphatic carbocycles. The molecule has 1 aliphatic heterocycles. The topological polar surface area (TPSA) is 45.4 Å². The van der Waals surface area contributed by atoms with E-state index in [-0.39, 0.29) is 0 Å². The average Bonchev–Trinajstić information content (AvgIpc) is 3.28. The Morgan fingerprint density at radius 1 is 1.00 bits per heavy atom. The Hall–Kier alpha value is -1.73. The number of aromatic nitrogens is 2. The maximum atomic E-state index is 6.07. The normalized spacial score (nSPS) is 16.4. The van der Waals surface area contributed by atoms with Gasteiger partial charge in [-0.05, 0) is 29.1 Å². The van der Waals surface area contributed by atoms with E-state index in [9.17, 15) is 0 Å². The first-order valence-corrected chi connectivity index (χ1v) is 9.57. The summed E-state index contributed by atoms with van der Waals surface area (Å²) in [6.07, 6.45) is 0. The van der Waals surface area contributed by atoms with E-state index in [0.717, 1.165) is 42.6 Å². The lowest BCUT2D eigenvalue weighted by Gasteiger charge is -2.33. The number of thiophene rings is 1. The van der Waals surface area contributed by atoms with Crippen LogP contribution in [0.5, 0.6) is 0 Å². The molecule has 5 nitrogen and oxygen atoms in total. The molecule has 130 valence electrons. The second-order valence-electron chi connectivity index (χ2n) is 6.16. The summed E-state index contributed by atoms with van der Waals surface area (Å²) in [5, 5.41) is 11.1. The molecule has 2 aromatic heterocycles. The fourth-order valence-electron chi connectivity index (χ4n) is 3.01. The van der Waals surface area contributed by atoms with Gasteiger partial charge in [0.05, 0.1) is 11.4 Å². The highest BCUT2D eigenvalue weighted by Gasteiger charge is 2.19. The van der Waals surface area contributed by atoms with Crippen molar-refractivity contribution in [3.63, 3.8) is 0 Å². The van der Waals surface area contributed by atoms with Crippen LogP contribution in [0.3, 0.4) is 0 Å². The van der Waals surface area contributed by atoms with Crippen LogP contribution in [-0.4, -0.2) is 46.2 Å². The maximum Gasteiger partial charge on any atom is 0.257 e. The molecular formula is C18H19ClN4OS. The first kappa shape index (κ1) is 16.7. The fraction of sp³-hybridized carbons (Fsp3) is 0.333. The molecule has 0 saturated carbocycles. The van der Waals surface area contributed by atoms with Crippen molar-refractivity contribution in [1.82, 2.24) is 20.0 Å². The van der Waals surface area contributed by atoms with E-state index in [1.54, 1.807) is 11.3 Å². The predicted molar refractivity (Wildman–Crippen MR) is 99.6 cm³/mol. The van der Waals surface area contributed by atoms with Crippen LogP contribution in [-0.2, 0) is 13.1 Å². The molecule has 1 aromatic carbocycles. The molecule has 3 aromatic rings. The average molecular weight is 375 g/mol. The quantitative estimate of drug-likeness (QED) is 0.680. The van der Waals surface area contributed by atoms with Gasteiger partial charge in [-0.2, -0.15) is 0 Å². The molecule has 0 atom stereocenters. The molecular weight excluding hydrogens is 356 g/mol. The number of nitrogens with zero attached hydrogens (tertiary/aromatic N) is 4. The lowest BCUT2D eigenvalue weighted by Crippen LogP contribution is -2.45. The number of piperazine rings is 1. The zero-order chi connectivity index (χ0) is 17.1. The van der Waals surface area contributed by atoms with Crippen LogP contribution < -0.4 is 0 Å². The summed E-state index contributed by atoms with van der Waals surface area (Å²) < 4.78 is 5.78. The summed E-state index contributed by atoms with van der Waals surface area (Å²) in [5.74, 6) is 1.30. The summed E-state index contributed by atoms with van der Waals surface area (Å²) >= 11 is 7.68. The third kappa shape index (κ3) is 4.27. The first-order chi connectivity index (χ1) is 12.3. The smallest absolute Gasteiger partial charge is 0.257 e. The molecule has 1 fully saturated rings. The fourth-order valence-corrected chi connectivity index (χ4v) is 3.86. The van der Waals surface area contributed by atoms with Crippen molar-refractivity contribution < 1.29 is 4.42 Å². The van der Waals surface area contributed by atoms with Crippen LogP contribution in [0.15, 0.2) is 46.2 Å². The molecule has 0 spiro atoms. The highest BCUT2D eigenvalue weighted by Crippen LogP contribution is 2.23. The standard InChI is InChI=1S/C18H19ClN4OS/c19-15-4-1-3-14(11-15)12-22-6-8-23(9-7-22)13-17-20-21-18(24-17)16-5-2-10-25-16/h1-5,10-11H,6-9,12-13H2. The summed E-state index contributed by atoms with van der Waals surface area (Å²) in [6.45, 7) is 5.70. The minimum Gasteiger partial charge on any atom is -0.419 e. The van der Waals surface area contributed by atoms with Gasteiger partial charge in [0.1, 0.15) is 0 Å². The molecule has 25 heavy (non-hydrogen) atoms. The summed E-state index contributed by atoms with van der Waals surface area (Å²) in [6, 6.07) is 12.1. The van der Waals surface area contributed by atoms with Crippen molar-refractivity contribution in [1.29, 1.82) is 0 Å². The van der Waals surface area contributed by atoms with Gasteiger partial charge in [0, 0.05) is 37.7 Å². The Kier molecular flexibility index (Phi) is 5.12. The zero-order valence-electron chi connectivity index (χ0n) is 13.8. The van der Waals surface area contributed by atoms with Crippen molar-refractivity contribution in [3.8, 4) is 10.8 Å². The number of rotatable bonds is 5. The van der Waals surface area contributed by atoms with Crippen molar-refractivity contribution in [2.75, 3.05) is 26.2 Å². The van der Waals surface area contributed by atoms with Gasteiger partial charge >= 0.3 is 0 Å². The molecule has 0 N–H and O–H groups in total. The van der Waals surface area contributed by atoms with E-state index in [2.05, 4.69) is 26.1 Å². The van der Waals surface area contributed by atoms with Gasteiger partial charge in [-0.1, -0.05) is 29.8 Å². The van der Waals surface area contributed by atoms with E-state index in [0.29, 0.717) is 18.3 Å². The number of hydrogen-bond donors (Lipinski definition) is 0. The molecule has 0 amide bonds. The van der Waals surface area contributed by atoms with Crippen LogP contribution in [0.2, 0.25) is 5.02 Å². The molecule has 0 radical (unpaired) electrons. The number of halogens is 1. The van der Waals surface area contributed by atoms with Crippen molar-refractivity contribution in [3.05, 3.63) is 58.3 Å². The Morgan fingerprint density at radius 2 is 1.80 bits per heavy atom. The molecule has 1 saturated heterocycles. The largest absolute Gasteiger partial charge is 0.419 e. The highest BCUT2D eigenvalue weighted by atomic mass is 35.5. The molecule has 0 bridgehead atoms. The van der Waals surface area contributed by atoms with Crippen LogP contribution in [0.1, 0.15) is 11.5 Å². The van der Waals surface area contributed by atoms with Crippen molar-refractivity contribution in [2.24, 2.45) is 0 Å². The van der Waals surface area contributed by atoms with Crippen LogP contribution >= 0.6 is 22.9 Å². The first-order valence-electron chi connectivity index (χ1n) is 8.32. The van der Waals surface area contributed by atoms with Crippen LogP contribution in [0.25, 0.3) is 10.8 Å². The molecule has 7 heteroatoms. The lowest BCUT2D eigenvalue weighted by molar-refractivity contribution is 0.114. The Morgan fingerprint density at radius 3 is 2.52 bits per heavy atom. The minimum absolute atomic E-state index is 0.615. The van der Waals surface area contributed by atoms with E-state index < -0.39 is 0 Å². The monoisotopic (exact) mass is 374 g/mol. The molecule has 1 aliphatic rings. The second kappa shape index (κ2) is 7.66. The van der Waals surface area contributed by atoms with Gasteiger partial charge in [0.25, 0.3) is 5.89 Å². The number of hydrogen-bond acceptors (Lipinski definition) is 6. The van der Waals surface area contributed by atoms with E-state index >= 15 is 0 Å². The maximum absolute atomic E-state index is 6.07. The lowest BCUT2D eigenvalue weighted by atomic mass is 10.2. The third-order valence-corrected chi connectivity index (χ3v) is 5.41. The van der Waals surface area contributed by atoms with Gasteiger partial charge in [-0.15, -0.1) is 21.5 Å². The molecule has 4 rings (SSSR count). The van der Waals surface area contributed by atoms with Gasteiger partial charge < -0.3 is 4.42 Å². The van der Waals surface area contributed by atoms with Gasteiger partial charge in [0.15, 0.2) is 0 Å². The zero-order valence-corrected chi connectivity index (χ0v) is 15.3. The highest BCUT2D eigenvalue weighted by molar-refractivity contribution is 7.13. The third-order valence-electron chi connectivity index (χ3n) is 4.32. The summed E-state index contributed by atoms with van der Waals surface area (Å²) in [5.41, 5.74) is 1.26. The van der Waals surface area contributed by atoms with Crippen molar-refractivity contribution >= 4 is 22.9 Å². The van der Waals surface area contributed by atoms with Crippen LogP contribution in [0.4, 0.5) is 0 Å². The van der Waals surface area contributed by atoms with Crippen molar-refractivity contribution in [2.45, 2.75) is 13.1 Å². The summed E-state index contributed by atoms with van der Waals surface area (Å²) in [4.78, 5) is 5.83. The minimum atomic E-state index is 0.615. The molecule has 0 unspecified atom stereocenters. The van der Waals surface area contributed by atoms with E-state index in [1.807, 2.05) is 35.7 Å². The van der Waals surface area contributed by atoms with E-state index in [1.165, 1.54) is 5.56 Å². The summed E-state index contributed by atoms with van der Waals surface area (Å²) in [7, 11) is 0. The van der Waals surface area contributed by atoms with Gasteiger partial charge in [-0.25, -0.2) is 0 Å². The number of benzene rings is 1. The second-order valence-corrected chi connectivity index (χ2v) is 7.54. The van der Waals surface area contributed by atoms with E-state index in [4.69, 9.17) is 16.0 Å². The van der Waals surface area contributed by atoms with Gasteiger partial charge in [-0.3, -0.25) is 9.80 Å². The Bertz CT molecular complexity index is 812. The Balaban J connectivity index is 1.29. The predicted octanol–water partition coefficient (Wildman–Crippen LogP) is 3.77. The van der Waals surface area contributed by atoms with Gasteiger partial charge in [0.2, 0.25) is 5.89 Å². The Labute approximate surface area is 155 Å². The van der Waals surface area contributed by atoms with Crippen LogP contribution in [0, 0.1) is 0 Å². The molecule has 3 heterocycles. The SMILES string of the molecule is Clc1cccc(CN2CCN(Cc3nnc(-c4cccs4)o3)CC2)c1.